The number of nitrogens with zero attached hydrogens (tertiary/aromatic N) is 2. The lowest BCUT2D eigenvalue weighted by molar-refractivity contribution is -0.123. The number of carbonyl (C=O) groups is 2. The predicted octanol–water partition coefficient (Wildman–Crippen LogP) is 3.58. The van der Waals surface area contributed by atoms with E-state index in [0.717, 1.165) is 24.3 Å². The van der Waals surface area contributed by atoms with Crippen molar-refractivity contribution in [2.45, 2.75) is 33.7 Å². The van der Waals surface area contributed by atoms with E-state index < -0.39 is 23.7 Å². The summed E-state index contributed by atoms with van der Waals surface area (Å²) in [6.45, 7) is 9.72. The van der Waals surface area contributed by atoms with Gasteiger partial charge in [0.25, 0.3) is 11.8 Å². The number of amides is 2. The first-order valence-electron chi connectivity index (χ1n) is 10.1. The Morgan fingerprint density at radius 2 is 1.63 bits per heavy atom. The fourth-order valence-electron chi connectivity index (χ4n) is 2.96. The van der Waals surface area contributed by atoms with Crippen molar-refractivity contribution < 1.29 is 14.0 Å². The van der Waals surface area contributed by atoms with Crippen LogP contribution in [0.1, 0.15) is 43.6 Å². The van der Waals surface area contributed by atoms with E-state index >= 15 is 0 Å². The monoisotopic (exact) mass is 412 g/mol. The van der Waals surface area contributed by atoms with Crippen LogP contribution in [0.3, 0.4) is 0 Å². The molecule has 1 atom stereocenters. The van der Waals surface area contributed by atoms with Crippen LogP contribution >= 0.6 is 0 Å². The summed E-state index contributed by atoms with van der Waals surface area (Å²) in [6, 6.07) is 12.3. The molecule has 7 heteroatoms. The van der Waals surface area contributed by atoms with Gasteiger partial charge in [-0.15, -0.1) is 0 Å². The lowest BCUT2D eigenvalue weighted by Gasteiger charge is -2.21. The third-order valence-corrected chi connectivity index (χ3v) is 4.75. The molecule has 6 nitrogen and oxygen atoms in total. The maximum atomic E-state index is 13.0. The molecule has 0 saturated carbocycles. The number of hydrogen-bond donors (Lipinski definition) is 2. The van der Waals surface area contributed by atoms with Gasteiger partial charge in [0.2, 0.25) is 0 Å². The lowest BCUT2D eigenvalue weighted by Crippen LogP contribution is -2.48. The van der Waals surface area contributed by atoms with Gasteiger partial charge in [-0.2, -0.15) is 5.10 Å². The van der Waals surface area contributed by atoms with E-state index in [-0.39, 0.29) is 11.5 Å². The minimum Gasteiger partial charge on any atom is -0.372 e. The summed E-state index contributed by atoms with van der Waals surface area (Å²) >= 11 is 0. The van der Waals surface area contributed by atoms with E-state index in [1.165, 1.54) is 24.3 Å². The van der Waals surface area contributed by atoms with E-state index in [4.69, 9.17) is 0 Å². The zero-order valence-electron chi connectivity index (χ0n) is 17.9. The maximum Gasteiger partial charge on any atom is 0.262 e. The van der Waals surface area contributed by atoms with E-state index in [2.05, 4.69) is 34.6 Å². The summed E-state index contributed by atoms with van der Waals surface area (Å²) in [4.78, 5) is 27.1. The summed E-state index contributed by atoms with van der Waals surface area (Å²) in [6.07, 6.45) is 1.56. The number of halogens is 1. The van der Waals surface area contributed by atoms with Crippen molar-refractivity contribution in [2.24, 2.45) is 11.0 Å². The van der Waals surface area contributed by atoms with Gasteiger partial charge in [-0.25, -0.2) is 9.82 Å². The Kier molecular flexibility index (Phi) is 8.53. The minimum atomic E-state index is -0.773. The second kappa shape index (κ2) is 11.1. The molecule has 2 N–H and O–H groups in total. The summed E-state index contributed by atoms with van der Waals surface area (Å²) in [5, 5.41) is 6.69. The van der Waals surface area contributed by atoms with Gasteiger partial charge in [-0.1, -0.05) is 26.0 Å². The fraction of sp³-hybridized carbons (Fsp3) is 0.348. The Bertz CT molecular complexity index is 860. The summed E-state index contributed by atoms with van der Waals surface area (Å²) in [5.41, 5.74) is 4.75. The average molecular weight is 413 g/mol. The molecule has 0 spiro atoms. The molecule has 0 aromatic heterocycles. The molecule has 2 aromatic rings. The largest absolute Gasteiger partial charge is 0.372 e. The molecule has 0 bridgehead atoms. The molecular formula is C23H29FN4O2. The molecule has 0 aliphatic carbocycles. The average Bonchev–Trinajstić information content (AvgIpc) is 2.74. The number of hydrazone groups is 1. The Balaban J connectivity index is 1.97. The van der Waals surface area contributed by atoms with Crippen LogP contribution in [0.15, 0.2) is 53.6 Å². The van der Waals surface area contributed by atoms with Gasteiger partial charge in [0.05, 0.1) is 6.21 Å². The molecule has 2 rings (SSSR count). The van der Waals surface area contributed by atoms with Crippen molar-refractivity contribution in [3.05, 3.63) is 65.5 Å². The molecule has 30 heavy (non-hydrogen) atoms. The topological polar surface area (TPSA) is 73.8 Å². The minimum absolute atomic E-state index is 0.155. The number of nitrogens with one attached hydrogen (secondary N) is 2. The number of carbonyl (C=O) groups excluding carboxylic acids is 2. The van der Waals surface area contributed by atoms with Crippen LogP contribution in [0.25, 0.3) is 0 Å². The third-order valence-electron chi connectivity index (χ3n) is 4.75. The first-order chi connectivity index (χ1) is 14.3. The first-order valence-corrected chi connectivity index (χ1v) is 10.1. The molecule has 2 aromatic carbocycles. The van der Waals surface area contributed by atoms with E-state index in [0.29, 0.717) is 0 Å². The normalized spacial score (nSPS) is 12.1. The highest BCUT2D eigenvalue weighted by Crippen LogP contribution is 2.14. The van der Waals surface area contributed by atoms with E-state index in [9.17, 15) is 14.0 Å². The van der Waals surface area contributed by atoms with Gasteiger partial charge in [0.15, 0.2) is 0 Å². The van der Waals surface area contributed by atoms with Crippen molar-refractivity contribution in [1.82, 2.24) is 10.7 Å². The Labute approximate surface area is 177 Å². The smallest absolute Gasteiger partial charge is 0.262 e. The standard InChI is InChI=1S/C23H29FN4O2/c1-5-28(6-2)20-13-7-17(8-14-20)15-25-27-23(30)21(16(3)4)26-22(29)18-9-11-19(24)12-10-18/h7-16,21H,5-6H2,1-4H3,(H,26,29)(H,27,30). The zero-order chi connectivity index (χ0) is 22.1. The highest BCUT2D eigenvalue weighted by molar-refractivity contribution is 5.97. The molecule has 0 aliphatic heterocycles. The maximum absolute atomic E-state index is 13.0. The van der Waals surface area contributed by atoms with E-state index in [1.54, 1.807) is 6.21 Å². The fourth-order valence-corrected chi connectivity index (χ4v) is 2.96. The number of benzene rings is 2. The van der Waals surface area contributed by atoms with Gasteiger partial charge in [-0.3, -0.25) is 9.59 Å². The predicted molar refractivity (Wildman–Crippen MR) is 118 cm³/mol. The van der Waals surface area contributed by atoms with Gasteiger partial charge in [0.1, 0.15) is 11.9 Å². The van der Waals surface area contributed by atoms with Crippen molar-refractivity contribution in [2.75, 3.05) is 18.0 Å². The van der Waals surface area contributed by atoms with Gasteiger partial charge >= 0.3 is 0 Å². The lowest BCUT2D eigenvalue weighted by atomic mass is 10.0. The Morgan fingerprint density at radius 1 is 1.03 bits per heavy atom. The van der Waals surface area contributed by atoms with Crippen molar-refractivity contribution in [3.8, 4) is 0 Å². The van der Waals surface area contributed by atoms with Crippen LogP contribution in [0.5, 0.6) is 0 Å². The van der Waals surface area contributed by atoms with Crippen LogP contribution < -0.4 is 15.6 Å². The van der Waals surface area contributed by atoms with Crippen molar-refractivity contribution in [3.63, 3.8) is 0 Å². The van der Waals surface area contributed by atoms with E-state index in [1.807, 2.05) is 38.1 Å². The molecule has 1 unspecified atom stereocenters. The second-order valence-corrected chi connectivity index (χ2v) is 7.20. The third kappa shape index (κ3) is 6.40. The number of anilines is 1. The zero-order valence-corrected chi connectivity index (χ0v) is 17.9. The summed E-state index contributed by atoms with van der Waals surface area (Å²) < 4.78 is 13.0. The molecule has 0 radical (unpaired) electrons. The number of rotatable bonds is 9. The molecule has 0 heterocycles. The number of hydrogen-bond acceptors (Lipinski definition) is 4. The van der Waals surface area contributed by atoms with Crippen molar-refractivity contribution >= 4 is 23.7 Å². The van der Waals surface area contributed by atoms with Gasteiger partial charge in [0, 0.05) is 24.3 Å². The van der Waals surface area contributed by atoms with Crippen molar-refractivity contribution in [1.29, 1.82) is 0 Å². The molecule has 2 amide bonds. The quantitative estimate of drug-likeness (QED) is 0.488. The molecular weight excluding hydrogens is 383 g/mol. The highest BCUT2D eigenvalue weighted by atomic mass is 19.1. The van der Waals surface area contributed by atoms with Crippen LogP contribution in [0.2, 0.25) is 0 Å². The van der Waals surface area contributed by atoms with Gasteiger partial charge < -0.3 is 10.2 Å². The Hall–Kier alpha value is -3.22. The Morgan fingerprint density at radius 3 is 2.17 bits per heavy atom. The van der Waals surface area contributed by atoms with Crippen LogP contribution in [0, 0.1) is 11.7 Å². The van der Waals surface area contributed by atoms with Crippen LogP contribution in [0.4, 0.5) is 10.1 Å². The summed E-state index contributed by atoms with van der Waals surface area (Å²) in [5.74, 6) is -1.45. The van der Waals surface area contributed by atoms with Crippen LogP contribution in [-0.4, -0.2) is 37.2 Å². The molecule has 0 aliphatic rings. The highest BCUT2D eigenvalue weighted by Gasteiger charge is 2.24. The summed E-state index contributed by atoms with van der Waals surface area (Å²) in [7, 11) is 0. The molecule has 160 valence electrons. The SMILES string of the molecule is CCN(CC)c1ccc(C=NNC(=O)C(NC(=O)c2ccc(F)cc2)C(C)C)cc1. The second-order valence-electron chi connectivity index (χ2n) is 7.20. The van der Waals surface area contributed by atoms with Gasteiger partial charge in [-0.05, 0) is 61.7 Å². The van der Waals surface area contributed by atoms with Crippen LogP contribution in [-0.2, 0) is 4.79 Å². The molecule has 0 saturated heterocycles. The first kappa shape index (κ1) is 23.1. The molecule has 0 fully saturated rings.